The van der Waals surface area contributed by atoms with E-state index in [-0.39, 0.29) is 6.17 Å². The fourth-order valence-corrected chi connectivity index (χ4v) is 3.86. The van der Waals surface area contributed by atoms with Crippen LogP contribution in [0.2, 0.25) is 0 Å². The summed E-state index contributed by atoms with van der Waals surface area (Å²) in [5.74, 6) is 0. The number of para-hydroxylation sites is 2. The maximum absolute atomic E-state index is 11.4. The Morgan fingerprint density at radius 1 is 1.03 bits per heavy atom. The molecule has 1 fully saturated rings. The summed E-state index contributed by atoms with van der Waals surface area (Å²) in [6, 6.07) is 25.0. The number of hydroxylamine groups is 1. The minimum atomic E-state index is -0.479. The van der Waals surface area contributed by atoms with E-state index in [1.807, 2.05) is 49.4 Å². The van der Waals surface area contributed by atoms with Crippen LogP contribution in [0.5, 0.6) is 6.01 Å². The van der Waals surface area contributed by atoms with E-state index in [2.05, 4.69) is 50.7 Å². The van der Waals surface area contributed by atoms with Crippen molar-refractivity contribution in [3.63, 3.8) is 0 Å². The van der Waals surface area contributed by atoms with Gasteiger partial charge in [0.25, 0.3) is 6.01 Å². The quantitative estimate of drug-likeness (QED) is 0.489. The molecule has 4 aromatic rings. The molecule has 0 aliphatic carbocycles. The number of nitrogens with one attached hydrogen (secondary N) is 2. The number of carbonyl (C=O) groups is 1. The van der Waals surface area contributed by atoms with Gasteiger partial charge in [0.05, 0.1) is 24.2 Å². The van der Waals surface area contributed by atoms with Crippen LogP contribution in [0.15, 0.2) is 72.8 Å². The highest BCUT2D eigenvalue weighted by Crippen LogP contribution is 2.29. The molecular formula is C24H22N4O3. The first-order valence-corrected chi connectivity index (χ1v) is 10.2. The molecule has 0 spiro atoms. The highest BCUT2D eigenvalue weighted by molar-refractivity contribution is 5.77. The predicted octanol–water partition coefficient (Wildman–Crippen LogP) is 4.39. The van der Waals surface area contributed by atoms with Gasteiger partial charge in [0.2, 0.25) is 0 Å². The highest BCUT2D eigenvalue weighted by Gasteiger charge is 2.25. The van der Waals surface area contributed by atoms with Crippen LogP contribution < -0.4 is 15.5 Å². The number of hydrogen-bond donors (Lipinski definition) is 2. The third-order valence-corrected chi connectivity index (χ3v) is 5.30. The average molecular weight is 414 g/mol. The smallest absolute Gasteiger partial charge is 0.427 e. The summed E-state index contributed by atoms with van der Waals surface area (Å²) in [6.45, 7) is 3.18. The van der Waals surface area contributed by atoms with Crippen LogP contribution in [0.1, 0.15) is 24.2 Å². The molecule has 156 valence electrons. The largest absolute Gasteiger partial charge is 0.465 e. The molecule has 0 bridgehead atoms. The second-order valence-corrected chi connectivity index (χ2v) is 7.27. The van der Waals surface area contributed by atoms with Crippen molar-refractivity contribution in [1.29, 1.82) is 0 Å². The Morgan fingerprint density at radius 3 is 2.58 bits per heavy atom. The molecular weight excluding hydrogens is 392 g/mol. The lowest BCUT2D eigenvalue weighted by molar-refractivity contribution is 0.122. The maximum atomic E-state index is 11.4. The minimum Gasteiger partial charge on any atom is -0.465 e. The molecule has 1 aliphatic heterocycles. The second-order valence-electron chi connectivity index (χ2n) is 7.27. The Labute approximate surface area is 179 Å². The number of fused-ring (bicyclic) bond motifs is 1. The van der Waals surface area contributed by atoms with Gasteiger partial charge in [-0.25, -0.2) is 4.79 Å². The molecule has 0 saturated carbocycles. The topological polar surface area (TPSA) is 77.4 Å². The molecule has 2 N–H and O–H groups in total. The van der Waals surface area contributed by atoms with Crippen molar-refractivity contribution in [3.8, 4) is 17.1 Å². The standard InChI is InChI=1S/C24H22N4O3/c1-2-30-23-25-20-9-5-6-10-21(20)28(23)15-16-11-13-17(14-12-16)18-7-3-4-8-19(18)22-26-24(29)31-27-22/h3-14,22,27H,2,15H2,1H3,(H,26,29). The summed E-state index contributed by atoms with van der Waals surface area (Å²) in [6.07, 6.45) is -0.859. The van der Waals surface area contributed by atoms with Crippen molar-refractivity contribution in [3.05, 3.63) is 83.9 Å². The Morgan fingerprint density at radius 2 is 1.81 bits per heavy atom. The van der Waals surface area contributed by atoms with Crippen LogP contribution in [0.4, 0.5) is 4.79 Å². The number of carbonyl (C=O) groups excluding carboxylic acids is 1. The van der Waals surface area contributed by atoms with Gasteiger partial charge in [-0.05, 0) is 41.3 Å². The van der Waals surface area contributed by atoms with Crippen LogP contribution in [0.3, 0.4) is 0 Å². The Kier molecular flexibility index (Phi) is 5.01. The lowest BCUT2D eigenvalue weighted by Crippen LogP contribution is -2.22. The van der Waals surface area contributed by atoms with Gasteiger partial charge in [-0.3, -0.25) is 9.88 Å². The van der Waals surface area contributed by atoms with Crippen molar-refractivity contribution in [2.75, 3.05) is 6.61 Å². The molecule has 3 aromatic carbocycles. The number of ether oxygens (including phenoxy) is 1. The number of rotatable bonds is 6. The number of aromatic nitrogens is 2. The van der Waals surface area contributed by atoms with Gasteiger partial charge in [-0.2, -0.15) is 4.98 Å². The summed E-state index contributed by atoms with van der Waals surface area (Å²) in [4.78, 5) is 20.9. The third-order valence-electron chi connectivity index (χ3n) is 5.30. The Hall–Kier alpha value is -3.84. The Balaban J connectivity index is 1.44. The van der Waals surface area contributed by atoms with Crippen molar-refractivity contribution < 1.29 is 14.4 Å². The zero-order valence-electron chi connectivity index (χ0n) is 17.0. The normalized spacial score (nSPS) is 15.6. The van der Waals surface area contributed by atoms with E-state index in [0.29, 0.717) is 19.2 Å². The van der Waals surface area contributed by atoms with Gasteiger partial charge in [0.15, 0.2) is 0 Å². The van der Waals surface area contributed by atoms with E-state index in [4.69, 9.17) is 9.57 Å². The van der Waals surface area contributed by atoms with E-state index in [1.165, 1.54) is 0 Å². The monoisotopic (exact) mass is 414 g/mol. The van der Waals surface area contributed by atoms with Gasteiger partial charge < -0.3 is 9.57 Å². The molecule has 5 rings (SSSR count). The highest BCUT2D eigenvalue weighted by atomic mass is 16.7. The molecule has 2 heterocycles. The predicted molar refractivity (Wildman–Crippen MR) is 117 cm³/mol. The van der Waals surface area contributed by atoms with Crippen LogP contribution in [-0.2, 0) is 11.4 Å². The SMILES string of the molecule is CCOc1nc2ccccc2n1Cc1ccc(-c2ccccc2C2NOC(=O)N2)cc1. The summed E-state index contributed by atoms with van der Waals surface area (Å²) >= 11 is 0. The molecule has 1 saturated heterocycles. The summed E-state index contributed by atoms with van der Waals surface area (Å²) in [5.41, 5.74) is 8.86. The van der Waals surface area contributed by atoms with Crippen molar-refractivity contribution >= 4 is 17.1 Å². The third kappa shape index (κ3) is 3.71. The van der Waals surface area contributed by atoms with Gasteiger partial charge in [-0.15, -0.1) is 5.48 Å². The molecule has 0 radical (unpaired) electrons. The molecule has 1 aliphatic rings. The molecule has 1 aromatic heterocycles. The number of hydrogen-bond acceptors (Lipinski definition) is 5. The van der Waals surface area contributed by atoms with Gasteiger partial charge >= 0.3 is 6.09 Å². The minimum absolute atomic E-state index is 0.380. The maximum Gasteiger partial charge on any atom is 0.427 e. The number of imidazole rings is 1. The van der Waals surface area contributed by atoms with Crippen LogP contribution in [0, 0.1) is 0 Å². The molecule has 1 atom stereocenters. The van der Waals surface area contributed by atoms with E-state index in [0.717, 1.165) is 33.3 Å². The van der Waals surface area contributed by atoms with E-state index >= 15 is 0 Å². The lowest BCUT2D eigenvalue weighted by atomic mass is 9.97. The van der Waals surface area contributed by atoms with Crippen LogP contribution in [0.25, 0.3) is 22.2 Å². The molecule has 7 heteroatoms. The first-order valence-electron chi connectivity index (χ1n) is 10.2. The molecule has 1 amide bonds. The lowest BCUT2D eigenvalue weighted by Gasteiger charge is -2.15. The number of benzene rings is 3. The molecule has 31 heavy (non-hydrogen) atoms. The molecule has 1 unspecified atom stereocenters. The molecule has 7 nitrogen and oxygen atoms in total. The van der Waals surface area contributed by atoms with E-state index in [9.17, 15) is 4.79 Å². The first-order chi connectivity index (χ1) is 15.2. The average Bonchev–Trinajstić information content (AvgIpc) is 3.38. The Bertz CT molecular complexity index is 1230. The zero-order chi connectivity index (χ0) is 21.2. The van der Waals surface area contributed by atoms with Gasteiger partial charge in [0, 0.05) is 0 Å². The number of amides is 1. The van der Waals surface area contributed by atoms with Crippen molar-refractivity contribution in [2.45, 2.75) is 19.6 Å². The van der Waals surface area contributed by atoms with Gasteiger partial charge in [0.1, 0.15) is 6.17 Å². The van der Waals surface area contributed by atoms with Crippen LogP contribution >= 0.6 is 0 Å². The number of nitrogens with zero attached hydrogens (tertiary/aromatic N) is 2. The summed E-state index contributed by atoms with van der Waals surface area (Å²) < 4.78 is 7.86. The summed E-state index contributed by atoms with van der Waals surface area (Å²) in [5, 5.41) is 2.76. The van der Waals surface area contributed by atoms with Crippen molar-refractivity contribution in [2.24, 2.45) is 0 Å². The van der Waals surface area contributed by atoms with E-state index in [1.54, 1.807) is 0 Å². The van der Waals surface area contributed by atoms with Crippen LogP contribution in [-0.4, -0.2) is 22.3 Å². The van der Waals surface area contributed by atoms with E-state index < -0.39 is 6.09 Å². The summed E-state index contributed by atoms with van der Waals surface area (Å²) in [7, 11) is 0. The van der Waals surface area contributed by atoms with Gasteiger partial charge in [-0.1, -0.05) is 60.7 Å². The fourth-order valence-electron chi connectivity index (χ4n) is 3.86. The fraction of sp³-hybridized carbons (Fsp3) is 0.167. The second kappa shape index (κ2) is 8.12. The first kappa shape index (κ1) is 19.1. The van der Waals surface area contributed by atoms with Crippen molar-refractivity contribution in [1.82, 2.24) is 20.3 Å². The zero-order valence-corrected chi connectivity index (χ0v) is 17.0.